The van der Waals surface area contributed by atoms with Gasteiger partial charge in [0.25, 0.3) is 0 Å². The molecule has 0 aromatic heterocycles. The molecule has 0 heterocycles. The predicted octanol–water partition coefficient (Wildman–Crippen LogP) is 2.42. The minimum Gasteiger partial charge on any atom is -0.329 e. The Hall–Kier alpha value is -0.743. The average Bonchev–Trinajstić information content (AvgIpc) is 2.15. The lowest BCUT2D eigenvalue weighted by atomic mass is 10.1. The molecule has 0 saturated carbocycles. The molecule has 0 atom stereocenters. The Bertz CT molecular complexity index is 328. The van der Waals surface area contributed by atoms with E-state index >= 15 is 0 Å². The molecule has 0 fully saturated rings. The highest BCUT2D eigenvalue weighted by molar-refractivity contribution is 6.52. The van der Waals surface area contributed by atoms with Gasteiger partial charge < -0.3 is 4.57 Å². The van der Waals surface area contributed by atoms with Gasteiger partial charge in [-0.05, 0) is 31.6 Å². The van der Waals surface area contributed by atoms with Crippen molar-refractivity contribution in [3.8, 4) is 0 Å². The molecule has 0 aliphatic rings. The monoisotopic (exact) mass is 229 g/mol. The van der Waals surface area contributed by atoms with E-state index in [1.165, 1.54) is 12.1 Å². The summed E-state index contributed by atoms with van der Waals surface area (Å²) < 4.78 is 28.2. The Morgan fingerprint density at radius 2 is 1.93 bits per heavy atom. The molecule has 0 bridgehead atoms. The molecular weight excluding hydrogens is 212 g/mol. The molecule has 0 aliphatic heterocycles. The van der Waals surface area contributed by atoms with Gasteiger partial charge in [-0.15, -0.1) is 0 Å². The second-order valence-electron chi connectivity index (χ2n) is 4.06. The van der Waals surface area contributed by atoms with Crippen LogP contribution >= 0.6 is 0 Å². The normalized spacial score (nSPS) is 11.4. The Morgan fingerprint density at radius 1 is 1.27 bits per heavy atom. The highest BCUT2D eigenvalue weighted by Crippen LogP contribution is 2.10. The number of likely N-dealkylation sites (N-methyl/N-ethyl adjacent to an activating group) is 1. The van der Waals surface area contributed by atoms with Gasteiger partial charge in [0.15, 0.2) is 0 Å². The van der Waals surface area contributed by atoms with E-state index in [4.69, 9.17) is 0 Å². The smallest absolute Gasteiger partial charge is 0.129 e. The Labute approximate surface area is 91.4 Å². The SMILES string of the molecule is CN(CCc1ccc(F)cc1F)[SiH](C)C. The average molecular weight is 229 g/mol. The van der Waals surface area contributed by atoms with Gasteiger partial charge in [-0.2, -0.15) is 0 Å². The molecule has 1 rings (SSSR count). The van der Waals surface area contributed by atoms with Crippen LogP contribution < -0.4 is 0 Å². The molecular formula is C11H17F2NSi. The molecule has 0 N–H and O–H groups in total. The van der Waals surface area contributed by atoms with Crippen LogP contribution in [0.2, 0.25) is 13.1 Å². The molecule has 0 amide bonds. The highest BCUT2D eigenvalue weighted by Gasteiger charge is 2.07. The number of benzene rings is 1. The summed E-state index contributed by atoms with van der Waals surface area (Å²) in [5.74, 6) is -0.948. The minimum absolute atomic E-state index is 0.436. The molecule has 4 heteroatoms. The van der Waals surface area contributed by atoms with Crippen molar-refractivity contribution in [2.75, 3.05) is 13.6 Å². The molecule has 0 spiro atoms. The quantitative estimate of drug-likeness (QED) is 0.717. The number of hydrogen-bond acceptors (Lipinski definition) is 1. The molecule has 84 valence electrons. The van der Waals surface area contributed by atoms with Crippen LogP contribution in [0.3, 0.4) is 0 Å². The van der Waals surface area contributed by atoms with Crippen LogP contribution in [0, 0.1) is 11.6 Å². The van der Waals surface area contributed by atoms with Crippen LogP contribution in [0.4, 0.5) is 8.78 Å². The van der Waals surface area contributed by atoms with E-state index in [-0.39, 0.29) is 0 Å². The van der Waals surface area contributed by atoms with E-state index < -0.39 is 20.6 Å². The van der Waals surface area contributed by atoms with Crippen LogP contribution in [0.5, 0.6) is 0 Å². The summed E-state index contributed by atoms with van der Waals surface area (Å²) in [5, 5.41) is 0. The number of halogens is 2. The summed E-state index contributed by atoms with van der Waals surface area (Å²) in [6, 6.07) is 3.79. The van der Waals surface area contributed by atoms with Crippen molar-refractivity contribution in [2.45, 2.75) is 19.5 Å². The summed E-state index contributed by atoms with van der Waals surface area (Å²) in [4.78, 5) is 0. The highest BCUT2D eigenvalue weighted by atomic mass is 28.3. The maximum absolute atomic E-state index is 13.3. The molecule has 1 aromatic carbocycles. The number of rotatable bonds is 4. The first-order valence-corrected chi connectivity index (χ1v) is 7.97. The van der Waals surface area contributed by atoms with Gasteiger partial charge in [0, 0.05) is 6.07 Å². The van der Waals surface area contributed by atoms with E-state index in [9.17, 15) is 8.78 Å². The molecule has 1 nitrogen and oxygen atoms in total. The van der Waals surface area contributed by atoms with E-state index in [1.54, 1.807) is 0 Å². The summed E-state index contributed by atoms with van der Waals surface area (Å²) >= 11 is 0. The van der Waals surface area contributed by atoms with Crippen molar-refractivity contribution >= 4 is 8.96 Å². The van der Waals surface area contributed by atoms with Crippen LogP contribution in [-0.4, -0.2) is 27.1 Å². The van der Waals surface area contributed by atoms with Crippen LogP contribution in [-0.2, 0) is 6.42 Å². The molecule has 0 aliphatic carbocycles. The number of nitrogens with zero attached hydrogens (tertiary/aromatic N) is 1. The topological polar surface area (TPSA) is 3.24 Å². The maximum atomic E-state index is 13.3. The van der Waals surface area contributed by atoms with Gasteiger partial charge in [-0.1, -0.05) is 19.2 Å². The number of hydrogen-bond donors (Lipinski definition) is 0. The van der Waals surface area contributed by atoms with Crippen molar-refractivity contribution in [1.29, 1.82) is 0 Å². The first-order chi connectivity index (χ1) is 7.00. The van der Waals surface area contributed by atoms with Gasteiger partial charge >= 0.3 is 0 Å². The minimum atomic E-state index is -0.795. The largest absolute Gasteiger partial charge is 0.329 e. The summed E-state index contributed by atoms with van der Waals surface area (Å²) in [5.41, 5.74) is 0.595. The summed E-state index contributed by atoms with van der Waals surface area (Å²) in [6.07, 6.45) is 0.647. The Balaban J connectivity index is 2.58. The van der Waals surface area contributed by atoms with E-state index in [0.29, 0.717) is 12.0 Å². The Morgan fingerprint density at radius 3 is 2.47 bits per heavy atom. The fourth-order valence-electron chi connectivity index (χ4n) is 1.28. The zero-order valence-corrected chi connectivity index (χ0v) is 10.6. The third-order valence-corrected chi connectivity index (χ3v) is 4.65. The van der Waals surface area contributed by atoms with Crippen LogP contribution in [0.1, 0.15) is 5.56 Å². The third-order valence-electron chi connectivity index (χ3n) is 2.63. The van der Waals surface area contributed by atoms with Crippen molar-refractivity contribution in [2.24, 2.45) is 0 Å². The van der Waals surface area contributed by atoms with Crippen molar-refractivity contribution in [1.82, 2.24) is 4.57 Å². The van der Waals surface area contributed by atoms with Crippen molar-refractivity contribution in [3.63, 3.8) is 0 Å². The van der Waals surface area contributed by atoms with Gasteiger partial charge in [0.1, 0.15) is 20.6 Å². The fourth-order valence-corrected chi connectivity index (χ4v) is 1.92. The van der Waals surface area contributed by atoms with Crippen LogP contribution in [0.25, 0.3) is 0 Å². The standard InChI is InChI=1S/C11H17F2NSi/c1-14(15(2)3)7-6-9-4-5-10(12)8-11(9)13/h4-5,8,15H,6-7H2,1-3H3. The predicted molar refractivity (Wildman–Crippen MR) is 61.6 cm³/mol. The molecule has 0 saturated heterocycles. The zero-order valence-electron chi connectivity index (χ0n) is 9.43. The van der Waals surface area contributed by atoms with Crippen LogP contribution in [0.15, 0.2) is 18.2 Å². The molecule has 15 heavy (non-hydrogen) atoms. The van der Waals surface area contributed by atoms with Crippen molar-refractivity contribution < 1.29 is 8.78 Å². The molecule has 1 aromatic rings. The molecule has 0 unspecified atom stereocenters. The zero-order chi connectivity index (χ0) is 11.4. The fraction of sp³-hybridized carbons (Fsp3) is 0.455. The van der Waals surface area contributed by atoms with Crippen molar-refractivity contribution in [3.05, 3.63) is 35.4 Å². The van der Waals surface area contributed by atoms with E-state index in [2.05, 4.69) is 24.7 Å². The van der Waals surface area contributed by atoms with Gasteiger partial charge in [0.2, 0.25) is 0 Å². The summed E-state index contributed by atoms with van der Waals surface area (Å²) in [6.45, 7) is 5.29. The first kappa shape index (κ1) is 12.3. The van der Waals surface area contributed by atoms with E-state index in [0.717, 1.165) is 12.6 Å². The second-order valence-corrected chi connectivity index (χ2v) is 7.13. The lowest BCUT2D eigenvalue weighted by Gasteiger charge is -2.19. The Kier molecular flexibility index (Phi) is 4.41. The summed E-state index contributed by atoms with van der Waals surface area (Å²) in [7, 11) is 1.26. The molecule has 0 radical (unpaired) electrons. The third kappa shape index (κ3) is 3.72. The lowest BCUT2D eigenvalue weighted by Crippen LogP contribution is -2.32. The van der Waals surface area contributed by atoms with Gasteiger partial charge in [-0.25, -0.2) is 8.78 Å². The maximum Gasteiger partial charge on any atom is 0.129 e. The van der Waals surface area contributed by atoms with Gasteiger partial charge in [-0.3, -0.25) is 0 Å². The van der Waals surface area contributed by atoms with Gasteiger partial charge in [0.05, 0.1) is 0 Å². The van der Waals surface area contributed by atoms with E-state index in [1.807, 2.05) is 0 Å². The first-order valence-electron chi connectivity index (χ1n) is 5.15. The second kappa shape index (κ2) is 5.37. The lowest BCUT2D eigenvalue weighted by molar-refractivity contribution is 0.511.